The maximum Gasteiger partial charge on any atom is 0.0593 e. The van der Waals surface area contributed by atoms with Gasteiger partial charge in [0.25, 0.3) is 0 Å². The van der Waals surface area contributed by atoms with Crippen LogP contribution in [0.25, 0.3) is 99.1 Å². The van der Waals surface area contributed by atoms with E-state index in [1.54, 1.807) is 0 Å². The third kappa shape index (κ3) is 10.5. The highest BCUT2D eigenvalue weighted by atomic mass is 35.5. The fraction of sp³-hybridized carbons (Fsp3) is 0. The smallest absolute Gasteiger partial charge is 0.0593 e. The van der Waals surface area contributed by atoms with Gasteiger partial charge in [-0.1, -0.05) is 289 Å². The minimum atomic E-state index is 0.470. The Kier molecular flexibility index (Phi) is 14.1. The van der Waals surface area contributed by atoms with Crippen LogP contribution in [0.4, 0.5) is 0 Å². The Morgan fingerprint density at radius 2 is 0.395 bits per heavy atom. The van der Waals surface area contributed by atoms with Crippen LogP contribution in [-0.2, 0) is 0 Å². The summed E-state index contributed by atoms with van der Waals surface area (Å²) >= 11 is 22.8. The van der Waals surface area contributed by atoms with Gasteiger partial charge in [-0.2, -0.15) is 0 Å². The molecule has 0 saturated heterocycles. The zero-order valence-corrected chi connectivity index (χ0v) is 45.9. The summed E-state index contributed by atoms with van der Waals surface area (Å²) in [5, 5.41) is 8.39. The Bertz CT molecular complexity index is 4210. The Hall–Kier alpha value is -9.81. The van der Waals surface area contributed by atoms with Gasteiger partial charge in [0.1, 0.15) is 0 Å². The number of hydrogen-bond donors (Lipinski definition) is 0. The number of benzene rings is 13. The number of halogens is 3. The van der Waals surface area contributed by atoms with Crippen LogP contribution in [0.1, 0.15) is 33.4 Å². The second-order valence-corrected chi connectivity index (χ2v) is 21.0. The molecule has 0 spiro atoms. The van der Waals surface area contributed by atoms with E-state index < -0.39 is 0 Å². The first-order valence-corrected chi connectivity index (χ1v) is 27.8. The Labute approximate surface area is 487 Å². The first kappa shape index (κ1) is 50.7. The van der Waals surface area contributed by atoms with Gasteiger partial charge in [-0.3, -0.25) is 0 Å². The van der Waals surface area contributed by atoms with Crippen molar-refractivity contribution in [2.75, 3.05) is 0 Å². The van der Waals surface area contributed by atoms with E-state index in [-0.39, 0.29) is 0 Å². The average Bonchev–Trinajstić information content (AvgIpc) is 3.70. The monoisotopic (exact) mass is 1090 g/mol. The highest BCUT2D eigenvalue weighted by molar-refractivity contribution is 6.48. The zero-order valence-electron chi connectivity index (χ0n) is 43.6. The van der Waals surface area contributed by atoms with Crippen LogP contribution >= 0.6 is 34.8 Å². The van der Waals surface area contributed by atoms with Gasteiger partial charge >= 0.3 is 0 Å². The zero-order chi connectivity index (χ0) is 54.7. The SMILES string of the molecule is Clc1c(-c2ccc(-c3ccc(C#Cc4cccc5ccccc45)cc3)cc2)c(Cl)c(-c2ccc(-c3ccc(C#Cc4cccc5ccccc45)cc3)cc2)c(Cl)c1-c1ccc(-c2ccc(C#Cc3cccc4ccccc34)cc2)cc1. The third-order valence-electron chi connectivity index (χ3n) is 14.9. The van der Waals surface area contributed by atoms with Crippen LogP contribution in [0.3, 0.4) is 0 Å². The van der Waals surface area contributed by atoms with E-state index in [0.29, 0.717) is 31.8 Å². The van der Waals surface area contributed by atoms with Crippen molar-refractivity contribution in [2.45, 2.75) is 0 Å². The van der Waals surface area contributed by atoms with Gasteiger partial charge in [-0.15, -0.1) is 0 Å². The molecule has 0 aliphatic rings. The molecule has 13 aromatic rings. The van der Waals surface area contributed by atoms with E-state index in [1.807, 2.05) is 0 Å². The van der Waals surface area contributed by atoms with Crippen LogP contribution < -0.4 is 0 Å². The molecular formula is C78H45Cl3. The summed E-state index contributed by atoms with van der Waals surface area (Å²) in [7, 11) is 0. The highest BCUT2D eigenvalue weighted by Crippen LogP contribution is 2.52. The molecule has 0 radical (unpaired) electrons. The van der Waals surface area contributed by atoms with Gasteiger partial charge in [0, 0.05) is 50.1 Å². The minimum Gasteiger partial charge on any atom is -0.0829 e. The molecule has 0 aliphatic carbocycles. The van der Waals surface area contributed by atoms with Crippen molar-refractivity contribution in [3.8, 4) is 102 Å². The molecule has 0 fully saturated rings. The maximum atomic E-state index is 7.61. The first-order valence-electron chi connectivity index (χ1n) is 26.7. The van der Waals surface area contributed by atoms with Gasteiger partial charge in [0.05, 0.1) is 15.1 Å². The maximum absolute atomic E-state index is 7.61. The molecule has 81 heavy (non-hydrogen) atoms. The number of rotatable bonds is 6. The van der Waals surface area contributed by atoms with Gasteiger partial charge in [-0.25, -0.2) is 0 Å². The summed E-state index contributed by atoms with van der Waals surface area (Å²) in [5.41, 5.74) is 16.9. The third-order valence-corrected chi connectivity index (χ3v) is 16.0. The Balaban J connectivity index is 0.813. The summed E-state index contributed by atoms with van der Waals surface area (Å²) < 4.78 is 0. The van der Waals surface area contributed by atoms with E-state index in [1.165, 1.54) is 16.2 Å². The van der Waals surface area contributed by atoms with E-state index in [9.17, 15) is 0 Å². The highest BCUT2D eigenvalue weighted by Gasteiger charge is 2.25. The molecule has 378 valence electrons. The van der Waals surface area contributed by atoms with E-state index in [2.05, 4.69) is 309 Å². The van der Waals surface area contributed by atoms with Gasteiger partial charge in [0.2, 0.25) is 0 Å². The molecule has 0 nitrogen and oxygen atoms in total. The molecular weight excluding hydrogens is 1040 g/mol. The lowest BCUT2D eigenvalue weighted by molar-refractivity contribution is 1.54. The predicted octanol–water partition coefficient (Wildman–Crippen LogP) is 21.3. The molecule has 0 amide bonds. The van der Waals surface area contributed by atoms with Crippen molar-refractivity contribution in [2.24, 2.45) is 0 Å². The Morgan fingerprint density at radius 1 is 0.185 bits per heavy atom. The number of fused-ring (bicyclic) bond motifs is 3. The molecule has 3 heteroatoms. The summed E-state index contributed by atoms with van der Waals surface area (Å²) in [4.78, 5) is 0. The molecule has 0 aliphatic heterocycles. The van der Waals surface area contributed by atoms with Crippen LogP contribution in [0.15, 0.2) is 273 Å². The van der Waals surface area contributed by atoms with Crippen molar-refractivity contribution >= 4 is 67.1 Å². The van der Waals surface area contributed by atoms with Crippen molar-refractivity contribution in [3.05, 3.63) is 321 Å². The molecule has 13 aromatic carbocycles. The van der Waals surface area contributed by atoms with Crippen LogP contribution in [-0.4, -0.2) is 0 Å². The fourth-order valence-electron chi connectivity index (χ4n) is 10.6. The normalized spacial score (nSPS) is 10.9. The topological polar surface area (TPSA) is 0 Å². The second-order valence-electron chi connectivity index (χ2n) is 19.9. The minimum absolute atomic E-state index is 0.470. The average molecular weight is 1090 g/mol. The van der Waals surface area contributed by atoms with E-state index >= 15 is 0 Å². The lowest BCUT2D eigenvalue weighted by Crippen LogP contribution is -1.94. The van der Waals surface area contributed by atoms with Crippen LogP contribution in [0.2, 0.25) is 15.1 Å². The largest absolute Gasteiger partial charge is 0.0829 e. The summed E-state index contributed by atoms with van der Waals surface area (Å²) in [6, 6.07) is 93.9. The molecule has 0 N–H and O–H groups in total. The van der Waals surface area contributed by atoms with E-state index in [0.717, 1.165) is 99.6 Å². The van der Waals surface area contributed by atoms with Gasteiger partial charge < -0.3 is 0 Å². The standard InChI is InChI=1S/C78H45Cl3/c79-76-73(67-46-40-58(41-47-67)55-31-22-52(23-32-55)28-37-64-16-7-13-61-10-1-4-19-70(61)64)77(80)75(69-50-44-60(45-51-69)57-35-26-54(27-36-57)30-39-66-18-9-15-63-12-3-6-21-72(63)66)78(81)74(76)68-48-42-59(43-49-68)56-33-24-53(25-34-56)29-38-65-17-8-14-62-11-2-5-20-71(62)65/h1-27,31-36,40-51H. The van der Waals surface area contributed by atoms with Crippen LogP contribution in [0.5, 0.6) is 0 Å². The van der Waals surface area contributed by atoms with Crippen LogP contribution in [0, 0.1) is 35.5 Å². The van der Waals surface area contributed by atoms with Crippen molar-refractivity contribution < 1.29 is 0 Å². The molecule has 0 bridgehead atoms. The van der Waals surface area contributed by atoms with Gasteiger partial charge in [-0.05, 0) is 137 Å². The molecule has 13 rings (SSSR count). The van der Waals surface area contributed by atoms with Gasteiger partial charge in [0.15, 0.2) is 0 Å². The lowest BCUT2D eigenvalue weighted by atomic mass is 9.90. The molecule has 0 aromatic heterocycles. The molecule has 0 atom stereocenters. The Morgan fingerprint density at radius 3 is 0.654 bits per heavy atom. The molecule has 0 saturated carbocycles. The summed E-state index contributed by atoms with van der Waals surface area (Å²) in [6.07, 6.45) is 0. The lowest BCUT2D eigenvalue weighted by Gasteiger charge is -2.20. The molecule has 0 heterocycles. The van der Waals surface area contributed by atoms with Crippen molar-refractivity contribution in [3.63, 3.8) is 0 Å². The summed E-state index contributed by atoms with van der Waals surface area (Å²) in [6.45, 7) is 0. The predicted molar refractivity (Wildman–Crippen MR) is 344 cm³/mol. The summed E-state index contributed by atoms with van der Waals surface area (Å²) in [5.74, 6) is 20.3. The molecule has 0 unspecified atom stereocenters. The quantitative estimate of drug-likeness (QED) is 0.146. The van der Waals surface area contributed by atoms with Crippen molar-refractivity contribution in [1.29, 1.82) is 0 Å². The fourth-order valence-corrected chi connectivity index (χ4v) is 11.9. The second kappa shape index (κ2) is 22.5. The van der Waals surface area contributed by atoms with E-state index in [4.69, 9.17) is 34.8 Å². The van der Waals surface area contributed by atoms with Crippen molar-refractivity contribution in [1.82, 2.24) is 0 Å². The number of hydrogen-bond acceptors (Lipinski definition) is 0. The first-order chi connectivity index (χ1) is 39.9.